The molecule has 4 heteroatoms. The Labute approximate surface area is 119 Å². The smallest absolute Gasteiger partial charge is 0.248 e. The van der Waals surface area contributed by atoms with Gasteiger partial charge in [0.25, 0.3) is 0 Å². The number of hydrogen-bond acceptors (Lipinski definition) is 4. The first-order valence-electron chi connectivity index (χ1n) is 7.20. The second-order valence-electron chi connectivity index (χ2n) is 6.45. The molecule has 106 valence electrons. The van der Waals surface area contributed by atoms with Crippen LogP contribution in [0.1, 0.15) is 45.1 Å². The Morgan fingerprint density at radius 3 is 2.65 bits per heavy atom. The molecule has 0 radical (unpaired) electrons. The Morgan fingerprint density at radius 2 is 1.95 bits per heavy atom. The molecule has 1 N–H and O–H groups in total. The maximum Gasteiger partial charge on any atom is 0.248 e. The lowest BCUT2D eigenvalue weighted by Gasteiger charge is -2.21. The second-order valence-corrected chi connectivity index (χ2v) is 6.45. The molecule has 1 aromatic carbocycles. The number of nitrogens with one attached hydrogen (secondary N) is 1. The van der Waals surface area contributed by atoms with E-state index in [2.05, 4.69) is 48.4 Å². The highest BCUT2D eigenvalue weighted by Gasteiger charge is 2.23. The van der Waals surface area contributed by atoms with E-state index >= 15 is 0 Å². The molecule has 3 rings (SSSR count). The van der Waals surface area contributed by atoms with Gasteiger partial charge in [0, 0.05) is 11.6 Å². The predicted molar refractivity (Wildman–Crippen MR) is 78.3 cm³/mol. The molecule has 1 aromatic heterocycles. The third-order valence-electron chi connectivity index (χ3n) is 3.55. The molecule has 0 aliphatic heterocycles. The van der Waals surface area contributed by atoms with Crippen LogP contribution in [0.15, 0.2) is 28.7 Å². The molecular weight excluding hydrogens is 250 g/mol. The van der Waals surface area contributed by atoms with Crippen LogP contribution in [0.2, 0.25) is 0 Å². The van der Waals surface area contributed by atoms with Gasteiger partial charge in [0.2, 0.25) is 11.8 Å². The maximum absolute atomic E-state index is 5.80. The summed E-state index contributed by atoms with van der Waals surface area (Å²) in [5, 5.41) is 11.7. The van der Waals surface area contributed by atoms with E-state index in [1.165, 1.54) is 18.4 Å². The van der Waals surface area contributed by atoms with Crippen molar-refractivity contribution in [1.82, 2.24) is 15.5 Å². The molecular formula is C16H21N3O. The predicted octanol–water partition coefficient (Wildman–Crippen LogP) is 3.29. The van der Waals surface area contributed by atoms with Gasteiger partial charge in [-0.25, -0.2) is 0 Å². The Bertz CT molecular complexity index is 594. The number of nitrogens with zero attached hydrogens (tertiary/aromatic N) is 2. The zero-order valence-corrected chi connectivity index (χ0v) is 12.3. The zero-order chi connectivity index (χ0) is 14.2. The van der Waals surface area contributed by atoms with E-state index in [-0.39, 0.29) is 5.41 Å². The summed E-state index contributed by atoms with van der Waals surface area (Å²) in [6.07, 6.45) is 2.52. The van der Waals surface area contributed by atoms with Gasteiger partial charge in [-0.2, -0.15) is 0 Å². The molecule has 0 atom stereocenters. The number of benzene rings is 1. The summed E-state index contributed by atoms with van der Waals surface area (Å²) in [5.74, 6) is 1.28. The molecule has 1 saturated carbocycles. The van der Waals surface area contributed by atoms with Crippen LogP contribution in [0, 0.1) is 0 Å². The van der Waals surface area contributed by atoms with Gasteiger partial charge in [-0.1, -0.05) is 39.0 Å². The fourth-order valence-electron chi connectivity index (χ4n) is 2.28. The molecule has 1 heterocycles. The molecule has 1 aliphatic carbocycles. The van der Waals surface area contributed by atoms with E-state index in [0.717, 1.165) is 5.56 Å². The standard InChI is InChI=1S/C16H21N3O/c1-16(2,3)13-7-5-4-6-12(13)15-19-18-14(20-15)10-17-11-8-9-11/h4-7,11,17H,8-10H2,1-3H3. The summed E-state index contributed by atoms with van der Waals surface area (Å²) >= 11 is 0. The van der Waals surface area contributed by atoms with Crippen molar-refractivity contribution in [3.05, 3.63) is 35.7 Å². The lowest BCUT2D eigenvalue weighted by Crippen LogP contribution is -2.15. The van der Waals surface area contributed by atoms with Gasteiger partial charge in [-0.15, -0.1) is 10.2 Å². The van der Waals surface area contributed by atoms with Crippen LogP contribution in [0.5, 0.6) is 0 Å². The third kappa shape index (κ3) is 2.90. The molecule has 1 fully saturated rings. The first-order valence-corrected chi connectivity index (χ1v) is 7.20. The lowest BCUT2D eigenvalue weighted by molar-refractivity contribution is 0.474. The van der Waals surface area contributed by atoms with E-state index in [0.29, 0.717) is 24.4 Å². The molecule has 0 amide bonds. The van der Waals surface area contributed by atoms with Crippen molar-refractivity contribution in [1.29, 1.82) is 0 Å². The first kappa shape index (κ1) is 13.3. The Balaban J connectivity index is 1.85. The number of rotatable bonds is 4. The average molecular weight is 271 g/mol. The van der Waals surface area contributed by atoms with E-state index < -0.39 is 0 Å². The summed E-state index contributed by atoms with van der Waals surface area (Å²) in [6, 6.07) is 8.88. The van der Waals surface area contributed by atoms with Crippen molar-refractivity contribution in [3.63, 3.8) is 0 Å². The van der Waals surface area contributed by atoms with Crippen LogP contribution in [0.4, 0.5) is 0 Å². The molecule has 1 aliphatic rings. The molecule has 0 saturated heterocycles. The van der Waals surface area contributed by atoms with Crippen LogP contribution in [-0.2, 0) is 12.0 Å². The quantitative estimate of drug-likeness (QED) is 0.927. The fraction of sp³-hybridized carbons (Fsp3) is 0.500. The Morgan fingerprint density at radius 1 is 1.20 bits per heavy atom. The summed E-state index contributed by atoms with van der Waals surface area (Å²) in [6.45, 7) is 7.24. The summed E-state index contributed by atoms with van der Waals surface area (Å²) in [4.78, 5) is 0. The molecule has 0 bridgehead atoms. The highest BCUT2D eigenvalue weighted by atomic mass is 16.4. The van der Waals surface area contributed by atoms with E-state index in [4.69, 9.17) is 4.42 Å². The maximum atomic E-state index is 5.80. The largest absolute Gasteiger partial charge is 0.419 e. The molecule has 0 spiro atoms. The van der Waals surface area contributed by atoms with Crippen molar-refractivity contribution < 1.29 is 4.42 Å². The molecule has 4 nitrogen and oxygen atoms in total. The van der Waals surface area contributed by atoms with Crippen molar-refractivity contribution in [2.45, 2.75) is 51.6 Å². The van der Waals surface area contributed by atoms with Crippen molar-refractivity contribution in [3.8, 4) is 11.5 Å². The van der Waals surface area contributed by atoms with Crippen molar-refractivity contribution >= 4 is 0 Å². The summed E-state index contributed by atoms with van der Waals surface area (Å²) in [5.41, 5.74) is 2.31. The first-order chi connectivity index (χ1) is 9.54. The average Bonchev–Trinajstić information content (AvgIpc) is 3.12. The highest BCUT2D eigenvalue weighted by Crippen LogP contribution is 2.32. The van der Waals surface area contributed by atoms with E-state index in [9.17, 15) is 0 Å². The summed E-state index contributed by atoms with van der Waals surface area (Å²) in [7, 11) is 0. The highest BCUT2D eigenvalue weighted by molar-refractivity contribution is 5.60. The Hall–Kier alpha value is -1.68. The van der Waals surface area contributed by atoms with Crippen molar-refractivity contribution in [2.24, 2.45) is 0 Å². The number of hydrogen-bond donors (Lipinski definition) is 1. The molecule has 20 heavy (non-hydrogen) atoms. The van der Waals surface area contributed by atoms with Gasteiger partial charge >= 0.3 is 0 Å². The van der Waals surface area contributed by atoms with Crippen LogP contribution in [0.25, 0.3) is 11.5 Å². The fourth-order valence-corrected chi connectivity index (χ4v) is 2.28. The van der Waals surface area contributed by atoms with Gasteiger partial charge in [0.05, 0.1) is 6.54 Å². The van der Waals surface area contributed by atoms with Gasteiger partial charge in [0.15, 0.2) is 0 Å². The molecule has 0 unspecified atom stereocenters. The van der Waals surface area contributed by atoms with Gasteiger partial charge < -0.3 is 9.73 Å². The Kier molecular flexibility index (Phi) is 3.34. The van der Waals surface area contributed by atoms with E-state index in [1.807, 2.05) is 12.1 Å². The third-order valence-corrected chi connectivity index (χ3v) is 3.55. The van der Waals surface area contributed by atoms with Crippen LogP contribution >= 0.6 is 0 Å². The van der Waals surface area contributed by atoms with Gasteiger partial charge in [0.1, 0.15) is 0 Å². The second kappa shape index (κ2) is 5.02. The van der Waals surface area contributed by atoms with Crippen LogP contribution in [-0.4, -0.2) is 16.2 Å². The monoisotopic (exact) mass is 271 g/mol. The topological polar surface area (TPSA) is 51.0 Å². The van der Waals surface area contributed by atoms with Crippen LogP contribution < -0.4 is 5.32 Å². The molecule has 2 aromatic rings. The van der Waals surface area contributed by atoms with E-state index in [1.54, 1.807) is 0 Å². The van der Waals surface area contributed by atoms with Crippen molar-refractivity contribution in [2.75, 3.05) is 0 Å². The minimum absolute atomic E-state index is 0.0531. The number of aromatic nitrogens is 2. The zero-order valence-electron chi connectivity index (χ0n) is 12.3. The lowest BCUT2D eigenvalue weighted by atomic mass is 9.84. The minimum atomic E-state index is 0.0531. The SMILES string of the molecule is CC(C)(C)c1ccccc1-c1nnc(CNC2CC2)o1. The van der Waals surface area contributed by atoms with Gasteiger partial charge in [-0.3, -0.25) is 0 Å². The van der Waals surface area contributed by atoms with Gasteiger partial charge in [-0.05, 0) is 29.9 Å². The normalized spacial score (nSPS) is 15.6. The minimum Gasteiger partial charge on any atom is -0.419 e. The van der Waals surface area contributed by atoms with Crippen LogP contribution in [0.3, 0.4) is 0 Å². The summed E-state index contributed by atoms with van der Waals surface area (Å²) < 4.78 is 5.80.